The van der Waals surface area contributed by atoms with Crippen molar-refractivity contribution in [2.45, 2.75) is 26.3 Å². The van der Waals surface area contributed by atoms with E-state index in [9.17, 15) is 4.79 Å². The normalized spacial score (nSPS) is 22.4. The molecule has 102 valence electrons. The van der Waals surface area contributed by atoms with Gasteiger partial charge in [0, 0.05) is 19.1 Å². The standard InChI is InChI=1S/C12H17BrN2OS.ClH/c1-12(2)7-15(6-5-9(12)14)11(16)8-3-4-10(13)17-8;/h3-4,9H,5-7,14H2,1-2H3;1H. The fraction of sp³-hybridized carbons (Fsp3) is 0.583. The zero-order valence-electron chi connectivity index (χ0n) is 10.5. The molecule has 1 aliphatic heterocycles. The summed E-state index contributed by atoms with van der Waals surface area (Å²) in [4.78, 5) is 15.0. The second kappa shape index (κ2) is 5.90. The lowest BCUT2D eigenvalue weighted by atomic mass is 9.79. The van der Waals surface area contributed by atoms with Crippen LogP contribution in [-0.4, -0.2) is 29.9 Å². The third-order valence-corrected chi connectivity index (χ3v) is 5.00. The first-order chi connectivity index (χ1) is 7.90. The molecule has 2 heterocycles. The van der Waals surface area contributed by atoms with Crippen LogP contribution < -0.4 is 5.73 Å². The first-order valence-electron chi connectivity index (χ1n) is 5.70. The second-order valence-corrected chi connectivity index (χ2v) is 7.68. The van der Waals surface area contributed by atoms with Crippen molar-refractivity contribution >= 4 is 45.6 Å². The van der Waals surface area contributed by atoms with E-state index in [-0.39, 0.29) is 29.8 Å². The summed E-state index contributed by atoms with van der Waals surface area (Å²) in [5.74, 6) is 0.126. The zero-order chi connectivity index (χ0) is 12.6. The molecule has 3 nitrogen and oxygen atoms in total. The highest BCUT2D eigenvalue weighted by Gasteiger charge is 2.35. The van der Waals surface area contributed by atoms with Crippen LogP contribution in [0.15, 0.2) is 15.9 Å². The molecule has 0 spiro atoms. The van der Waals surface area contributed by atoms with Crippen molar-refractivity contribution in [3.05, 3.63) is 20.8 Å². The minimum Gasteiger partial charge on any atom is -0.337 e. The highest BCUT2D eigenvalue weighted by molar-refractivity contribution is 9.11. The van der Waals surface area contributed by atoms with Gasteiger partial charge in [0.25, 0.3) is 5.91 Å². The first-order valence-corrected chi connectivity index (χ1v) is 7.31. The summed E-state index contributed by atoms with van der Waals surface area (Å²) in [7, 11) is 0. The summed E-state index contributed by atoms with van der Waals surface area (Å²) in [5, 5.41) is 0. The Kier molecular flexibility index (Phi) is 5.23. The number of piperidine rings is 1. The van der Waals surface area contributed by atoms with Crippen LogP contribution >= 0.6 is 39.7 Å². The maximum atomic E-state index is 12.3. The van der Waals surface area contributed by atoms with Gasteiger partial charge in [-0.3, -0.25) is 4.79 Å². The maximum Gasteiger partial charge on any atom is 0.263 e. The van der Waals surface area contributed by atoms with Crippen molar-refractivity contribution in [1.82, 2.24) is 4.90 Å². The SMILES string of the molecule is CC1(C)CN(C(=O)c2ccc(Br)s2)CCC1N.Cl. The summed E-state index contributed by atoms with van der Waals surface area (Å²) in [6.07, 6.45) is 0.880. The summed E-state index contributed by atoms with van der Waals surface area (Å²) in [6.45, 7) is 5.75. The Morgan fingerprint density at radius 2 is 2.22 bits per heavy atom. The van der Waals surface area contributed by atoms with E-state index in [1.54, 1.807) is 0 Å². The average molecular weight is 354 g/mol. The van der Waals surface area contributed by atoms with Gasteiger partial charge in [0.2, 0.25) is 0 Å². The minimum atomic E-state index is 0. The minimum absolute atomic E-state index is 0. The molecule has 2 rings (SSSR count). The van der Waals surface area contributed by atoms with E-state index in [1.807, 2.05) is 17.0 Å². The summed E-state index contributed by atoms with van der Waals surface area (Å²) in [5.41, 5.74) is 6.08. The molecule has 1 amide bonds. The van der Waals surface area contributed by atoms with Crippen LogP contribution in [0, 0.1) is 5.41 Å². The lowest BCUT2D eigenvalue weighted by molar-refractivity contribution is 0.0537. The first kappa shape index (κ1) is 16.0. The third kappa shape index (κ3) is 3.26. The van der Waals surface area contributed by atoms with Gasteiger partial charge in [0.1, 0.15) is 0 Å². The number of amides is 1. The number of halogens is 2. The molecule has 6 heteroatoms. The number of carbonyl (C=O) groups excluding carboxylic acids is 1. The fourth-order valence-electron chi connectivity index (χ4n) is 2.13. The highest BCUT2D eigenvalue weighted by atomic mass is 79.9. The molecule has 1 aromatic rings. The third-order valence-electron chi connectivity index (χ3n) is 3.38. The second-order valence-electron chi connectivity index (χ2n) is 5.21. The number of carbonyl (C=O) groups is 1. The Bertz CT molecular complexity index is 435. The molecule has 0 aliphatic carbocycles. The van der Waals surface area contributed by atoms with Crippen LogP contribution in [0.4, 0.5) is 0 Å². The quantitative estimate of drug-likeness (QED) is 0.843. The molecule has 18 heavy (non-hydrogen) atoms. The van der Waals surface area contributed by atoms with E-state index in [4.69, 9.17) is 5.73 Å². The van der Waals surface area contributed by atoms with Crippen molar-refractivity contribution in [1.29, 1.82) is 0 Å². The molecular weight excluding hydrogens is 336 g/mol. The van der Waals surface area contributed by atoms with Crippen LogP contribution in [0.5, 0.6) is 0 Å². The fourth-order valence-corrected chi connectivity index (χ4v) is 3.49. The Labute approximate surface area is 126 Å². The number of hydrogen-bond donors (Lipinski definition) is 1. The molecule has 1 aliphatic rings. The molecule has 0 saturated carbocycles. The van der Waals surface area contributed by atoms with Gasteiger partial charge in [-0.05, 0) is 39.9 Å². The Hall–Kier alpha value is -0.100. The van der Waals surface area contributed by atoms with Crippen LogP contribution in [-0.2, 0) is 0 Å². The monoisotopic (exact) mass is 352 g/mol. The molecule has 1 fully saturated rings. The van der Waals surface area contributed by atoms with E-state index in [1.165, 1.54) is 11.3 Å². The van der Waals surface area contributed by atoms with E-state index >= 15 is 0 Å². The summed E-state index contributed by atoms with van der Waals surface area (Å²) < 4.78 is 0.994. The molecule has 1 unspecified atom stereocenters. The van der Waals surface area contributed by atoms with E-state index in [0.717, 1.165) is 28.2 Å². The number of nitrogens with two attached hydrogens (primary N) is 1. The van der Waals surface area contributed by atoms with E-state index < -0.39 is 0 Å². The van der Waals surface area contributed by atoms with Gasteiger partial charge in [-0.1, -0.05) is 13.8 Å². The Balaban J connectivity index is 0.00000162. The predicted octanol–water partition coefficient (Wildman–Crippen LogP) is 3.13. The van der Waals surface area contributed by atoms with Crippen molar-refractivity contribution in [2.75, 3.05) is 13.1 Å². The molecule has 1 aromatic heterocycles. The van der Waals surface area contributed by atoms with Gasteiger partial charge < -0.3 is 10.6 Å². The van der Waals surface area contributed by atoms with Crippen LogP contribution in [0.1, 0.15) is 29.9 Å². The lowest BCUT2D eigenvalue weighted by Crippen LogP contribution is -2.53. The summed E-state index contributed by atoms with van der Waals surface area (Å²) in [6, 6.07) is 3.97. The van der Waals surface area contributed by atoms with Gasteiger partial charge in [0.05, 0.1) is 8.66 Å². The topological polar surface area (TPSA) is 46.3 Å². The molecule has 1 atom stereocenters. The van der Waals surface area contributed by atoms with Gasteiger partial charge >= 0.3 is 0 Å². The number of thiophene rings is 1. The van der Waals surface area contributed by atoms with Gasteiger partial charge in [-0.2, -0.15) is 0 Å². The Morgan fingerprint density at radius 3 is 2.72 bits per heavy atom. The van der Waals surface area contributed by atoms with E-state index in [2.05, 4.69) is 29.8 Å². The predicted molar refractivity (Wildman–Crippen MR) is 81.5 cm³/mol. The van der Waals surface area contributed by atoms with Gasteiger partial charge in [-0.15, -0.1) is 23.7 Å². The number of rotatable bonds is 1. The molecule has 0 radical (unpaired) electrons. The number of nitrogens with zero attached hydrogens (tertiary/aromatic N) is 1. The number of likely N-dealkylation sites (tertiary alicyclic amines) is 1. The van der Waals surface area contributed by atoms with Crippen molar-refractivity contribution < 1.29 is 4.79 Å². The van der Waals surface area contributed by atoms with Crippen LogP contribution in [0.2, 0.25) is 0 Å². The van der Waals surface area contributed by atoms with E-state index in [0.29, 0.717) is 0 Å². The molecule has 0 bridgehead atoms. The maximum absolute atomic E-state index is 12.3. The molecular formula is C12H18BrClN2OS. The lowest BCUT2D eigenvalue weighted by Gasteiger charge is -2.42. The van der Waals surface area contributed by atoms with Crippen molar-refractivity contribution in [3.63, 3.8) is 0 Å². The molecule has 1 saturated heterocycles. The van der Waals surface area contributed by atoms with Crippen molar-refractivity contribution in [3.8, 4) is 0 Å². The van der Waals surface area contributed by atoms with Crippen LogP contribution in [0.3, 0.4) is 0 Å². The van der Waals surface area contributed by atoms with Crippen LogP contribution in [0.25, 0.3) is 0 Å². The molecule has 0 aromatic carbocycles. The average Bonchev–Trinajstić information content (AvgIpc) is 2.68. The Morgan fingerprint density at radius 1 is 1.56 bits per heavy atom. The smallest absolute Gasteiger partial charge is 0.263 e. The number of hydrogen-bond acceptors (Lipinski definition) is 3. The summed E-state index contributed by atoms with van der Waals surface area (Å²) >= 11 is 4.87. The largest absolute Gasteiger partial charge is 0.337 e. The van der Waals surface area contributed by atoms with Crippen molar-refractivity contribution in [2.24, 2.45) is 11.1 Å². The van der Waals surface area contributed by atoms with Gasteiger partial charge in [-0.25, -0.2) is 0 Å². The molecule has 2 N–H and O–H groups in total. The van der Waals surface area contributed by atoms with Gasteiger partial charge in [0.15, 0.2) is 0 Å². The zero-order valence-corrected chi connectivity index (χ0v) is 13.7. The highest BCUT2D eigenvalue weighted by Crippen LogP contribution is 2.30.